The summed E-state index contributed by atoms with van der Waals surface area (Å²) in [6.07, 6.45) is 3.23. The predicted molar refractivity (Wildman–Crippen MR) is 97.4 cm³/mol. The maximum Gasteiger partial charge on any atom is 0.248 e. The lowest BCUT2D eigenvalue weighted by Gasteiger charge is -2.23. The van der Waals surface area contributed by atoms with Crippen LogP contribution in [0, 0.1) is 31.5 Å². The van der Waals surface area contributed by atoms with Gasteiger partial charge in [0.05, 0.1) is 0 Å². The molecule has 2 aromatic heterocycles. The second-order valence-corrected chi connectivity index (χ2v) is 9.24. The van der Waals surface area contributed by atoms with Crippen LogP contribution in [0.1, 0.15) is 24.3 Å². The number of nitrogens with zero attached hydrogens (tertiary/aromatic N) is 4. The fourth-order valence-corrected chi connectivity index (χ4v) is 6.14. The third-order valence-corrected chi connectivity index (χ3v) is 7.76. The lowest BCUT2D eigenvalue weighted by atomic mass is 9.92. The SMILES string of the molecule is Cc1noc(C)c1S(=O)(=O)N1C[C@H]2CCN(c3ncccc3F)CC[C@H]2C1. The summed E-state index contributed by atoms with van der Waals surface area (Å²) in [5.41, 5.74) is 0.399. The minimum Gasteiger partial charge on any atom is -0.360 e. The van der Waals surface area contributed by atoms with Crippen molar-refractivity contribution in [3.05, 3.63) is 35.6 Å². The van der Waals surface area contributed by atoms with Gasteiger partial charge < -0.3 is 9.42 Å². The van der Waals surface area contributed by atoms with E-state index in [9.17, 15) is 12.8 Å². The van der Waals surface area contributed by atoms with Gasteiger partial charge in [-0.25, -0.2) is 17.8 Å². The van der Waals surface area contributed by atoms with Gasteiger partial charge in [-0.1, -0.05) is 5.16 Å². The molecule has 0 N–H and O–H groups in total. The molecule has 2 atom stereocenters. The summed E-state index contributed by atoms with van der Waals surface area (Å²) in [7, 11) is -3.61. The van der Waals surface area contributed by atoms with Crippen LogP contribution in [0.15, 0.2) is 27.7 Å². The van der Waals surface area contributed by atoms with E-state index in [1.807, 2.05) is 4.90 Å². The third kappa shape index (κ3) is 3.23. The highest BCUT2D eigenvalue weighted by molar-refractivity contribution is 7.89. The first-order chi connectivity index (χ1) is 12.9. The second kappa shape index (κ2) is 6.87. The minimum absolute atomic E-state index is 0.191. The van der Waals surface area contributed by atoms with Crippen molar-refractivity contribution in [2.24, 2.45) is 11.8 Å². The van der Waals surface area contributed by atoms with E-state index in [-0.39, 0.29) is 22.5 Å². The Hall–Kier alpha value is -2.00. The van der Waals surface area contributed by atoms with Crippen LogP contribution in [0.3, 0.4) is 0 Å². The summed E-state index contributed by atoms with van der Waals surface area (Å²) in [6, 6.07) is 3.01. The number of sulfonamides is 1. The van der Waals surface area contributed by atoms with Crippen LogP contribution in [-0.4, -0.2) is 49.0 Å². The van der Waals surface area contributed by atoms with E-state index >= 15 is 0 Å². The summed E-state index contributed by atoms with van der Waals surface area (Å²) in [6.45, 7) is 5.59. The van der Waals surface area contributed by atoms with Gasteiger partial charge in [-0.2, -0.15) is 4.31 Å². The molecule has 0 bridgehead atoms. The average Bonchev–Trinajstić information content (AvgIpc) is 3.14. The van der Waals surface area contributed by atoms with Gasteiger partial charge in [-0.15, -0.1) is 0 Å². The Kier molecular flexibility index (Phi) is 4.67. The molecule has 0 amide bonds. The fourth-order valence-electron chi connectivity index (χ4n) is 4.29. The van der Waals surface area contributed by atoms with E-state index < -0.39 is 10.0 Å². The lowest BCUT2D eigenvalue weighted by Crippen LogP contribution is -2.32. The molecule has 9 heteroatoms. The number of hydrogen-bond donors (Lipinski definition) is 0. The van der Waals surface area contributed by atoms with Gasteiger partial charge in [0.1, 0.15) is 10.6 Å². The Morgan fingerprint density at radius 2 is 1.85 bits per heavy atom. The van der Waals surface area contributed by atoms with Gasteiger partial charge >= 0.3 is 0 Å². The van der Waals surface area contributed by atoms with Crippen molar-refractivity contribution in [2.45, 2.75) is 31.6 Å². The number of halogens is 1. The van der Waals surface area contributed by atoms with Crippen molar-refractivity contribution < 1.29 is 17.3 Å². The van der Waals surface area contributed by atoms with E-state index in [2.05, 4.69) is 10.1 Å². The monoisotopic (exact) mass is 394 g/mol. The maximum atomic E-state index is 14.0. The summed E-state index contributed by atoms with van der Waals surface area (Å²) >= 11 is 0. The molecule has 2 aliphatic heterocycles. The highest BCUT2D eigenvalue weighted by atomic mass is 32.2. The van der Waals surface area contributed by atoms with Crippen molar-refractivity contribution in [1.29, 1.82) is 0 Å². The zero-order valence-electron chi connectivity index (χ0n) is 15.4. The molecular formula is C18H23FN4O3S. The van der Waals surface area contributed by atoms with Crippen LogP contribution < -0.4 is 4.90 Å². The zero-order valence-corrected chi connectivity index (χ0v) is 16.2. The van der Waals surface area contributed by atoms with Crippen molar-refractivity contribution in [1.82, 2.24) is 14.4 Å². The first kappa shape index (κ1) is 18.4. The van der Waals surface area contributed by atoms with Gasteiger partial charge in [0.2, 0.25) is 10.0 Å². The summed E-state index contributed by atoms with van der Waals surface area (Å²) in [5, 5.41) is 3.78. The van der Waals surface area contributed by atoms with Gasteiger partial charge in [0, 0.05) is 32.4 Å². The molecule has 0 radical (unpaired) electrons. The van der Waals surface area contributed by atoms with Crippen LogP contribution in [0.4, 0.5) is 10.2 Å². The summed E-state index contributed by atoms with van der Waals surface area (Å²) < 4.78 is 46.8. The van der Waals surface area contributed by atoms with Crippen molar-refractivity contribution >= 4 is 15.8 Å². The molecule has 2 aliphatic rings. The molecule has 146 valence electrons. The minimum atomic E-state index is -3.61. The fraction of sp³-hybridized carbons (Fsp3) is 0.556. The number of pyridine rings is 1. The Balaban J connectivity index is 1.49. The van der Waals surface area contributed by atoms with E-state index in [0.29, 0.717) is 43.5 Å². The largest absolute Gasteiger partial charge is 0.360 e. The highest BCUT2D eigenvalue weighted by Gasteiger charge is 2.42. The van der Waals surface area contributed by atoms with Crippen LogP contribution in [-0.2, 0) is 10.0 Å². The first-order valence-corrected chi connectivity index (χ1v) is 10.6. The van der Waals surface area contributed by atoms with Crippen LogP contribution in [0.2, 0.25) is 0 Å². The number of hydrogen-bond acceptors (Lipinski definition) is 6. The normalized spacial score (nSPS) is 24.0. The molecule has 4 heterocycles. The molecule has 4 rings (SSSR count). The molecule has 0 saturated carbocycles. The molecular weight excluding hydrogens is 371 g/mol. The van der Waals surface area contributed by atoms with E-state index in [4.69, 9.17) is 4.52 Å². The van der Waals surface area contributed by atoms with E-state index in [1.165, 1.54) is 6.07 Å². The smallest absolute Gasteiger partial charge is 0.248 e. The predicted octanol–water partition coefficient (Wildman–Crippen LogP) is 2.36. The van der Waals surface area contributed by atoms with Crippen molar-refractivity contribution in [3.8, 4) is 0 Å². The molecule has 0 aliphatic carbocycles. The van der Waals surface area contributed by atoms with Crippen molar-refractivity contribution in [2.75, 3.05) is 31.1 Å². The molecule has 2 saturated heterocycles. The number of aromatic nitrogens is 2. The Morgan fingerprint density at radius 3 is 2.41 bits per heavy atom. The van der Waals surface area contributed by atoms with Gasteiger partial charge in [0.15, 0.2) is 17.4 Å². The van der Waals surface area contributed by atoms with Gasteiger partial charge in [0.25, 0.3) is 0 Å². The summed E-state index contributed by atoms with van der Waals surface area (Å²) in [5.74, 6) is 0.926. The van der Waals surface area contributed by atoms with Crippen LogP contribution in [0.25, 0.3) is 0 Å². The first-order valence-electron chi connectivity index (χ1n) is 9.16. The molecule has 7 nitrogen and oxygen atoms in total. The second-order valence-electron chi connectivity index (χ2n) is 7.37. The summed E-state index contributed by atoms with van der Waals surface area (Å²) in [4.78, 5) is 6.34. The lowest BCUT2D eigenvalue weighted by molar-refractivity contribution is 0.389. The molecule has 0 aromatic carbocycles. The zero-order chi connectivity index (χ0) is 19.2. The Bertz CT molecular complexity index is 910. The van der Waals surface area contributed by atoms with Gasteiger partial charge in [-0.05, 0) is 50.7 Å². The number of anilines is 1. The van der Waals surface area contributed by atoms with E-state index in [0.717, 1.165) is 12.8 Å². The molecule has 2 fully saturated rings. The number of aryl methyl sites for hydroxylation is 2. The number of rotatable bonds is 3. The standard InChI is InChI=1S/C18H23FN4O3S/c1-12-17(13(2)26-21-12)27(24,25)23-10-14-5-8-22(9-6-15(14)11-23)18-16(19)4-3-7-20-18/h3-4,7,14-15H,5-6,8-11H2,1-2H3/t14-,15+. The molecule has 2 aromatic rings. The van der Waals surface area contributed by atoms with E-state index in [1.54, 1.807) is 30.4 Å². The van der Waals surface area contributed by atoms with Crippen LogP contribution in [0.5, 0.6) is 0 Å². The quantitative estimate of drug-likeness (QED) is 0.795. The maximum absolute atomic E-state index is 14.0. The molecule has 27 heavy (non-hydrogen) atoms. The topological polar surface area (TPSA) is 79.5 Å². The Morgan fingerprint density at radius 1 is 1.19 bits per heavy atom. The highest BCUT2D eigenvalue weighted by Crippen LogP contribution is 2.36. The Labute approximate surface area is 158 Å². The average molecular weight is 394 g/mol. The van der Waals surface area contributed by atoms with Crippen molar-refractivity contribution in [3.63, 3.8) is 0 Å². The van der Waals surface area contributed by atoms with Crippen LogP contribution >= 0.6 is 0 Å². The molecule has 0 spiro atoms. The molecule has 0 unspecified atom stereocenters. The third-order valence-electron chi connectivity index (χ3n) is 5.69. The van der Waals surface area contributed by atoms with Gasteiger partial charge in [-0.3, -0.25) is 0 Å². The number of fused-ring (bicyclic) bond motifs is 1.